The minimum atomic E-state index is -5.13. The molecule has 0 aliphatic heterocycles. The average molecular weight is 340 g/mol. The first-order chi connectivity index (χ1) is 8.62. The van der Waals surface area contributed by atoms with Gasteiger partial charge >= 0.3 is 18.1 Å². The SMILES string of the molecule is Cc1cc(C(NC(=O)C(F)(F)F)C(=O)O)ccc1Br. The molecule has 0 aliphatic carbocycles. The van der Waals surface area contributed by atoms with Crippen molar-refractivity contribution in [1.82, 2.24) is 5.32 Å². The van der Waals surface area contributed by atoms with Gasteiger partial charge in [0.15, 0.2) is 6.04 Å². The topological polar surface area (TPSA) is 66.4 Å². The van der Waals surface area contributed by atoms with E-state index in [1.54, 1.807) is 6.92 Å². The molecule has 0 fully saturated rings. The molecule has 0 bridgehead atoms. The van der Waals surface area contributed by atoms with Crippen LogP contribution in [0.4, 0.5) is 13.2 Å². The van der Waals surface area contributed by atoms with E-state index in [1.165, 1.54) is 23.5 Å². The molecule has 1 atom stereocenters. The predicted octanol–water partition coefficient (Wildman–Crippen LogP) is 2.56. The fourth-order valence-electron chi connectivity index (χ4n) is 1.35. The van der Waals surface area contributed by atoms with Crippen molar-refractivity contribution in [2.24, 2.45) is 0 Å². The van der Waals surface area contributed by atoms with Gasteiger partial charge in [0.25, 0.3) is 0 Å². The van der Waals surface area contributed by atoms with Crippen LogP contribution in [0.1, 0.15) is 17.2 Å². The van der Waals surface area contributed by atoms with Gasteiger partial charge in [-0.2, -0.15) is 13.2 Å². The van der Waals surface area contributed by atoms with Gasteiger partial charge in [-0.15, -0.1) is 0 Å². The molecule has 1 rings (SSSR count). The lowest BCUT2D eigenvalue weighted by Crippen LogP contribution is -2.41. The average Bonchev–Trinajstić information content (AvgIpc) is 2.27. The van der Waals surface area contributed by atoms with E-state index < -0.39 is 24.1 Å². The zero-order valence-electron chi connectivity index (χ0n) is 9.58. The lowest BCUT2D eigenvalue weighted by Gasteiger charge is -2.16. The summed E-state index contributed by atoms with van der Waals surface area (Å²) in [4.78, 5) is 21.8. The van der Waals surface area contributed by atoms with E-state index >= 15 is 0 Å². The predicted molar refractivity (Wildman–Crippen MR) is 63.5 cm³/mol. The summed E-state index contributed by atoms with van der Waals surface area (Å²) in [5.41, 5.74) is 0.704. The first kappa shape index (κ1) is 15.5. The molecule has 0 aromatic heterocycles. The highest BCUT2D eigenvalue weighted by Gasteiger charge is 2.41. The lowest BCUT2D eigenvalue weighted by molar-refractivity contribution is -0.175. The molecule has 0 radical (unpaired) electrons. The molecule has 2 N–H and O–H groups in total. The van der Waals surface area contributed by atoms with Crippen molar-refractivity contribution >= 4 is 27.8 Å². The summed E-state index contributed by atoms with van der Waals surface area (Å²) in [6.45, 7) is 1.65. The monoisotopic (exact) mass is 339 g/mol. The number of carboxylic acids is 1. The second-order valence-electron chi connectivity index (χ2n) is 3.75. The summed E-state index contributed by atoms with van der Waals surface area (Å²) in [5, 5.41) is 10.3. The summed E-state index contributed by atoms with van der Waals surface area (Å²) in [6.07, 6.45) is -5.13. The minimum Gasteiger partial charge on any atom is -0.479 e. The molecule has 4 nitrogen and oxygen atoms in total. The molecule has 1 unspecified atom stereocenters. The number of rotatable bonds is 3. The third-order valence-electron chi connectivity index (χ3n) is 2.30. The highest BCUT2D eigenvalue weighted by Crippen LogP contribution is 2.23. The van der Waals surface area contributed by atoms with Crippen molar-refractivity contribution in [3.63, 3.8) is 0 Å². The van der Waals surface area contributed by atoms with Crippen molar-refractivity contribution < 1.29 is 27.9 Å². The first-order valence-electron chi connectivity index (χ1n) is 4.99. The number of halogens is 4. The maximum absolute atomic E-state index is 12.1. The molecule has 1 aromatic rings. The van der Waals surface area contributed by atoms with E-state index in [0.29, 0.717) is 10.0 Å². The molecule has 8 heteroatoms. The minimum absolute atomic E-state index is 0.0609. The lowest BCUT2D eigenvalue weighted by atomic mass is 10.0. The van der Waals surface area contributed by atoms with Crippen molar-refractivity contribution in [2.75, 3.05) is 0 Å². The number of carboxylic acid groups (broad SMARTS) is 1. The Labute approximate surface area is 114 Å². The van der Waals surface area contributed by atoms with Gasteiger partial charge in [0.2, 0.25) is 0 Å². The van der Waals surface area contributed by atoms with Crippen LogP contribution >= 0.6 is 15.9 Å². The number of aryl methyl sites for hydroxylation is 1. The van der Waals surface area contributed by atoms with E-state index in [-0.39, 0.29) is 5.56 Å². The maximum atomic E-state index is 12.1. The fourth-order valence-corrected chi connectivity index (χ4v) is 1.59. The molecule has 19 heavy (non-hydrogen) atoms. The third kappa shape index (κ3) is 3.95. The first-order valence-corrected chi connectivity index (χ1v) is 5.78. The molecular weight excluding hydrogens is 331 g/mol. The van der Waals surface area contributed by atoms with Crippen LogP contribution in [0.5, 0.6) is 0 Å². The molecule has 104 valence electrons. The molecule has 0 spiro atoms. The standard InChI is InChI=1S/C11H9BrF3NO3/c1-5-4-6(2-3-7(5)12)8(9(17)18)16-10(19)11(13,14)15/h2-4,8H,1H3,(H,16,19)(H,17,18). The van der Waals surface area contributed by atoms with E-state index in [9.17, 15) is 22.8 Å². The highest BCUT2D eigenvalue weighted by atomic mass is 79.9. The molecule has 0 saturated heterocycles. The van der Waals surface area contributed by atoms with Crippen molar-refractivity contribution in [3.05, 3.63) is 33.8 Å². The smallest absolute Gasteiger partial charge is 0.471 e. The van der Waals surface area contributed by atoms with Crippen LogP contribution in [0.15, 0.2) is 22.7 Å². The molecule has 0 heterocycles. The number of nitrogens with one attached hydrogen (secondary N) is 1. The van der Waals surface area contributed by atoms with Gasteiger partial charge in [-0.05, 0) is 24.1 Å². The highest BCUT2D eigenvalue weighted by molar-refractivity contribution is 9.10. The zero-order chi connectivity index (χ0) is 14.8. The van der Waals surface area contributed by atoms with Crippen LogP contribution in [0.2, 0.25) is 0 Å². The van der Waals surface area contributed by atoms with Gasteiger partial charge in [0.05, 0.1) is 0 Å². The normalized spacial score (nSPS) is 12.9. The third-order valence-corrected chi connectivity index (χ3v) is 3.18. The second-order valence-corrected chi connectivity index (χ2v) is 4.61. The zero-order valence-corrected chi connectivity index (χ0v) is 11.2. The number of carbonyl (C=O) groups is 2. The van der Waals surface area contributed by atoms with E-state index in [0.717, 1.165) is 0 Å². The Kier molecular flexibility index (Phi) is 4.56. The van der Waals surface area contributed by atoms with Crippen molar-refractivity contribution in [1.29, 1.82) is 0 Å². The van der Waals surface area contributed by atoms with E-state index in [2.05, 4.69) is 15.9 Å². The van der Waals surface area contributed by atoms with Crippen LogP contribution in [0.25, 0.3) is 0 Å². The van der Waals surface area contributed by atoms with Crippen molar-refractivity contribution in [2.45, 2.75) is 19.1 Å². The molecule has 1 amide bonds. The maximum Gasteiger partial charge on any atom is 0.471 e. The Morgan fingerprint density at radius 2 is 1.95 bits per heavy atom. The number of carbonyl (C=O) groups excluding carboxylic acids is 1. The quantitative estimate of drug-likeness (QED) is 0.889. The summed E-state index contributed by atoms with van der Waals surface area (Å²) < 4.78 is 37.0. The molecule has 0 aliphatic rings. The van der Waals surface area contributed by atoms with Crippen LogP contribution < -0.4 is 5.32 Å². The van der Waals surface area contributed by atoms with Crippen LogP contribution in [-0.2, 0) is 9.59 Å². The number of benzene rings is 1. The second kappa shape index (κ2) is 5.60. The van der Waals surface area contributed by atoms with Crippen LogP contribution in [-0.4, -0.2) is 23.2 Å². The summed E-state index contributed by atoms with van der Waals surface area (Å²) in [6, 6.07) is 2.47. The number of aliphatic carboxylic acids is 1. The van der Waals surface area contributed by atoms with Gasteiger partial charge in [0.1, 0.15) is 0 Å². The number of alkyl halides is 3. The number of hydrogen-bond donors (Lipinski definition) is 2. The molecule has 0 saturated carbocycles. The molecule has 1 aromatic carbocycles. The Hall–Kier alpha value is -1.57. The number of amides is 1. The fraction of sp³-hybridized carbons (Fsp3) is 0.273. The van der Waals surface area contributed by atoms with E-state index in [4.69, 9.17) is 5.11 Å². The summed E-state index contributed by atoms with van der Waals surface area (Å²) in [7, 11) is 0. The van der Waals surface area contributed by atoms with Gasteiger partial charge in [-0.3, -0.25) is 4.79 Å². The largest absolute Gasteiger partial charge is 0.479 e. The van der Waals surface area contributed by atoms with Gasteiger partial charge < -0.3 is 10.4 Å². The summed E-state index contributed by atoms with van der Waals surface area (Å²) in [5.74, 6) is -3.86. The Morgan fingerprint density at radius 3 is 2.37 bits per heavy atom. The van der Waals surface area contributed by atoms with Gasteiger partial charge in [-0.25, -0.2) is 4.79 Å². The number of hydrogen-bond acceptors (Lipinski definition) is 2. The van der Waals surface area contributed by atoms with Gasteiger partial charge in [0, 0.05) is 4.47 Å². The van der Waals surface area contributed by atoms with E-state index in [1.807, 2.05) is 0 Å². The Bertz CT molecular complexity index is 516. The van der Waals surface area contributed by atoms with Crippen LogP contribution in [0.3, 0.4) is 0 Å². The Balaban J connectivity index is 3.05. The van der Waals surface area contributed by atoms with Gasteiger partial charge in [-0.1, -0.05) is 28.1 Å². The Morgan fingerprint density at radius 1 is 1.37 bits per heavy atom. The van der Waals surface area contributed by atoms with Crippen LogP contribution in [0, 0.1) is 6.92 Å². The molecular formula is C11H9BrF3NO3. The van der Waals surface area contributed by atoms with Crippen molar-refractivity contribution in [3.8, 4) is 0 Å². The summed E-state index contributed by atoms with van der Waals surface area (Å²) >= 11 is 3.18.